The highest BCUT2D eigenvalue weighted by Crippen LogP contribution is 2.36. The van der Waals surface area contributed by atoms with Gasteiger partial charge in [-0.1, -0.05) is 32.4 Å². The Hall–Kier alpha value is -1.07. The molecule has 0 aliphatic carbocycles. The van der Waals surface area contributed by atoms with E-state index in [0.717, 1.165) is 44.2 Å². The van der Waals surface area contributed by atoms with Crippen molar-refractivity contribution in [2.75, 3.05) is 13.2 Å². The first-order chi connectivity index (χ1) is 11.3. The Morgan fingerprint density at radius 2 is 1.79 bits per heavy atom. The van der Waals surface area contributed by atoms with Crippen LogP contribution in [0.1, 0.15) is 63.1 Å². The number of piperidine rings is 1. The Bertz CT molecular complexity index is 498. The number of hydrogen-bond acceptors (Lipinski definition) is 2. The zero-order valence-corrected chi connectivity index (χ0v) is 14.5. The van der Waals surface area contributed by atoms with Crippen LogP contribution < -0.4 is 0 Å². The fraction of sp³-hybridized carbons (Fsp3) is 0.684. The minimum Gasteiger partial charge on any atom is -0.395 e. The minimum absolute atomic E-state index is 0.0833. The van der Waals surface area contributed by atoms with Crippen LogP contribution in [-0.2, 0) is 6.18 Å². The van der Waals surface area contributed by atoms with E-state index >= 15 is 0 Å². The van der Waals surface area contributed by atoms with Crippen molar-refractivity contribution in [3.63, 3.8) is 0 Å². The second-order valence-electron chi connectivity index (χ2n) is 7.18. The predicted octanol–water partition coefficient (Wildman–Crippen LogP) is 5.03. The summed E-state index contributed by atoms with van der Waals surface area (Å²) in [6.07, 6.45) is 0.756. The van der Waals surface area contributed by atoms with E-state index in [1.165, 1.54) is 12.1 Å². The maximum absolute atomic E-state index is 12.8. The quantitative estimate of drug-likeness (QED) is 0.783. The maximum Gasteiger partial charge on any atom is 0.416 e. The van der Waals surface area contributed by atoms with Crippen molar-refractivity contribution in [1.29, 1.82) is 0 Å². The molecule has 0 amide bonds. The van der Waals surface area contributed by atoms with Gasteiger partial charge in [-0.2, -0.15) is 13.2 Å². The number of halogens is 3. The molecule has 1 heterocycles. The summed E-state index contributed by atoms with van der Waals surface area (Å²) >= 11 is 0. The van der Waals surface area contributed by atoms with Crippen molar-refractivity contribution < 1.29 is 18.3 Å². The first-order valence-corrected chi connectivity index (χ1v) is 8.86. The summed E-state index contributed by atoms with van der Waals surface area (Å²) in [5.74, 6) is 0.577. The van der Waals surface area contributed by atoms with Crippen molar-refractivity contribution in [3.05, 3.63) is 35.4 Å². The molecule has 1 fully saturated rings. The smallest absolute Gasteiger partial charge is 0.395 e. The largest absolute Gasteiger partial charge is 0.416 e. The lowest BCUT2D eigenvalue weighted by molar-refractivity contribution is -0.137. The molecule has 1 aromatic carbocycles. The molecule has 2 rings (SSSR count). The number of likely N-dealkylation sites (tertiary alicyclic amines) is 1. The van der Waals surface area contributed by atoms with Gasteiger partial charge in [-0.05, 0) is 55.8 Å². The Labute approximate surface area is 142 Å². The van der Waals surface area contributed by atoms with E-state index in [4.69, 9.17) is 0 Å². The van der Waals surface area contributed by atoms with Crippen LogP contribution in [0, 0.1) is 5.92 Å². The molecular weight excluding hydrogens is 315 g/mol. The first-order valence-electron chi connectivity index (χ1n) is 8.86. The van der Waals surface area contributed by atoms with Gasteiger partial charge in [0.05, 0.1) is 12.2 Å². The third-order valence-corrected chi connectivity index (χ3v) is 4.92. The lowest BCUT2D eigenvalue weighted by Crippen LogP contribution is -2.43. The number of nitrogens with zero attached hydrogens (tertiary/aromatic N) is 1. The van der Waals surface area contributed by atoms with Gasteiger partial charge in [-0.3, -0.25) is 4.90 Å². The molecule has 0 unspecified atom stereocenters. The summed E-state index contributed by atoms with van der Waals surface area (Å²) in [4.78, 5) is 2.30. The normalized spacial score (nSPS) is 21.2. The molecule has 5 heteroatoms. The Balaban J connectivity index is 2.15. The molecule has 0 bridgehead atoms. The number of hydrogen-bond donors (Lipinski definition) is 1. The second-order valence-corrected chi connectivity index (χ2v) is 7.18. The third-order valence-electron chi connectivity index (χ3n) is 4.92. The van der Waals surface area contributed by atoms with Gasteiger partial charge < -0.3 is 5.11 Å². The van der Waals surface area contributed by atoms with E-state index in [1.54, 1.807) is 12.1 Å². The third kappa shape index (κ3) is 4.96. The van der Waals surface area contributed by atoms with E-state index < -0.39 is 11.7 Å². The average Bonchev–Trinajstić information content (AvgIpc) is 2.55. The number of benzene rings is 1. The Morgan fingerprint density at radius 1 is 1.12 bits per heavy atom. The van der Waals surface area contributed by atoms with Crippen LogP contribution in [0.15, 0.2) is 24.3 Å². The highest BCUT2D eigenvalue weighted by atomic mass is 19.4. The topological polar surface area (TPSA) is 23.5 Å². The molecular formula is C19H28F3NO. The number of rotatable bonds is 6. The van der Waals surface area contributed by atoms with Crippen LogP contribution in [0.5, 0.6) is 0 Å². The van der Waals surface area contributed by atoms with Gasteiger partial charge in [-0.15, -0.1) is 0 Å². The van der Waals surface area contributed by atoms with Gasteiger partial charge in [0.15, 0.2) is 0 Å². The van der Waals surface area contributed by atoms with E-state index in [-0.39, 0.29) is 18.7 Å². The standard InChI is InChI=1S/C19H28F3NO/c1-14(2)6-11-17(13-24)23-12-4-3-5-18(23)15-7-9-16(10-8-15)19(20,21)22/h7-10,14,17-18,24H,3-6,11-13H2,1-2H3/t17-,18+/m1/s1. The molecule has 0 saturated carbocycles. The molecule has 1 aliphatic rings. The second kappa shape index (κ2) is 8.34. The van der Waals surface area contributed by atoms with Crippen molar-refractivity contribution in [2.45, 2.75) is 64.2 Å². The summed E-state index contributed by atoms with van der Waals surface area (Å²) in [6, 6.07) is 5.73. The molecule has 0 radical (unpaired) electrons. The van der Waals surface area contributed by atoms with Gasteiger partial charge in [0, 0.05) is 12.1 Å². The van der Waals surface area contributed by atoms with Crippen molar-refractivity contribution in [3.8, 4) is 0 Å². The van der Waals surface area contributed by atoms with E-state index in [2.05, 4.69) is 18.7 Å². The van der Waals surface area contributed by atoms with Gasteiger partial charge in [0.2, 0.25) is 0 Å². The highest BCUT2D eigenvalue weighted by Gasteiger charge is 2.32. The van der Waals surface area contributed by atoms with Crippen molar-refractivity contribution >= 4 is 0 Å². The predicted molar refractivity (Wildman–Crippen MR) is 89.7 cm³/mol. The van der Waals surface area contributed by atoms with Crippen LogP contribution in [-0.4, -0.2) is 29.2 Å². The SMILES string of the molecule is CC(C)CC[C@H](CO)N1CCCC[C@H]1c1ccc(C(F)(F)F)cc1. The van der Waals surface area contributed by atoms with Crippen LogP contribution >= 0.6 is 0 Å². The molecule has 136 valence electrons. The van der Waals surface area contributed by atoms with Gasteiger partial charge in [0.1, 0.15) is 0 Å². The lowest BCUT2D eigenvalue weighted by Gasteiger charge is -2.41. The van der Waals surface area contributed by atoms with Crippen LogP contribution in [0.4, 0.5) is 13.2 Å². The first kappa shape index (κ1) is 19.3. The summed E-state index contributed by atoms with van der Waals surface area (Å²) in [5, 5.41) is 9.82. The summed E-state index contributed by atoms with van der Waals surface area (Å²) in [7, 11) is 0. The number of aliphatic hydroxyl groups is 1. The summed E-state index contributed by atoms with van der Waals surface area (Å²) < 4.78 is 38.3. The van der Waals surface area contributed by atoms with E-state index in [0.29, 0.717) is 5.92 Å². The molecule has 2 nitrogen and oxygen atoms in total. The van der Waals surface area contributed by atoms with Gasteiger partial charge in [-0.25, -0.2) is 0 Å². The van der Waals surface area contributed by atoms with E-state index in [9.17, 15) is 18.3 Å². The lowest BCUT2D eigenvalue weighted by atomic mass is 9.91. The zero-order valence-electron chi connectivity index (χ0n) is 14.5. The van der Waals surface area contributed by atoms with E-state index in [1.807, 2.05) is 0 Å². The summed E-state index contributed by atoms with van der Waals surface area (Å²) in [5.41, 5.74) is 0.317. The number of alkyl halides is 3. The maximum atomic E-state index is 12.8. The molecule has 1 aliphatic heterocycles. The molecule has 24 heavy (non-hydrogen) atoms. The average molecular weight is 343 g/mol. The Kier molecular flexibility index (Phi) is 6.70. The van der Waals surface area contributed by atoms with Crippen LogP contribution in [0.25, 0.3) is 0 Å². The molecule has 1 N–H and O–H groups in total. The molecule has 0 aromatic heterocycles. The summed E-state index contributed by atoms with van der Waals surface area (Å²) in [6.45, 7) is 5.33. The zero-order chi connectivity index (χ0) is 17.7. The molecule has 2 atom stereocenters. The van der Waals surface area contributed by atoms with Crippen LogP contribution in [0.2, 0.25) is 0 Å². The fourth-order valence-electron chi connectivity index (χ4n) is 3.53. The van der Waals surface area contributed by atoms with Crippen molar-refractivity contribution in [2.24, 2.45) is 5.92 Å². The fourth-order valence-corrected chi connectivity index (χ4v) is 3.53. The van der Waals surface area contributed by atoms with Crippen LogP contribution in [0.3, 0.4) is 0 Å². The molecule has 1 aromatic rings. The van der Waals surface area contributed by atoms with Gasteiger partial charge in [0.25, 0.3) is 0 Å². The number of aliphatic hydroxyl groups excluding tert-OH is 1. The Morgan fingerprint density at radius 3 is 2.33 bits per heavy atom. The van der Waals surface area contributed by atoms with Gasteiger partial charge >= 0.3 is 6.18 Å². The minimum atomic E-state index is -4.30. The highest BCUT2D eigenvalue weighted by molar-refractivity contribution is 5.27. The van der Waals surface area contributed by atoms with Crippen molar-refractivity contribution in [1.82, 2.24) is 4.90 Å². The molecule has 0 spiro atoms. The monoisotopic (exact) mass is 343 g/mol. The molecule has 1 saturated heterocycles.